The average Bonchev–Trinajstić information content (AvgIpc) is 3.72. The van der Waals surface area contributed by atoms with Gasteiger partial charge in [0.2, 0.25) is 5.91 Å². The number of benzene rings is 2. The van der Waals surface area contributed by atoms with Gasteiger partial charge >= 0.3 is 12.2 Å². The fraction of sp³-hybridized carbons (Fsp3) is 0.514. The number of β-amino-alcohol motifs (C(OH)–C–C–N with tert-alkyl or cyclic N) is 1. The molecule has 3 aromatic rings. The molecule has 1 aromatic heterocycles. The molecule has 3 amide bonds. The number of hydrogen-bond donors (Lipinski definition) is 3. The van der Waals surface area contributed by atoms with Crippen molar-refractivity contribution in [1.29, 1.82) is 0 Å². The van der Waals surface area contributed by atoms with E-state index in [1.807, 2.05) is 30.3 Å². The fourth-order valence-electron chi connectivity index (χ4n) is 7.54. The Morgan fingerprint density at radius 1 is 1.02 bits per heavy atom. The van der Waals surface area contributed by atoms with Gasteiger partial charge in [0.05, 0.1) is 18.2 Å². The Balaban J connectivity index is 1.33. The zero-order valence-electron chi connectivity index (χ0n) is 26.6. The van der Waals surface area contributed by atoms with E-state index in [9.17, 15) is 23.9 Å². The zero-order chi connectivity index (χ0) is 32.6. The Hall–Kier alpha value is -4.12. The number of carbonyl (C=O) groups is 3. The predicted octanol–water partition coefficient (Wildman–Crippen LogP) is 5.46. The molecule has 2 saturated heterocycles. The van der Waals surface area contributed by atoms with Gasteiger partial charge in [0.15, 0.2) is 0 Å². The molecule has 3 heterocycles. The lowest BCUT2D eigenvalue weighted by molar-refractivity contribution is -0.136. The van der Waals surface area contributed by atoms with Gasteiger partial charge in [-0.3, -0.25) is 9.69 Å². The van der Waals surface area contributed by atoms with Crippen LogP contribution in [0.2, 0.25) is 0 Å². The summed E-state index contributed by atoms with van der Waals surface area (Å²) >= 11 is 0. The first-order chi connectivity index (χ1) is 22.0. The van der Waals surface area contributed by atoms with Gasteiger partial charge in [-0.2, -0.15) is 0 Å². The highest BCUT2D eigenvalue weighted by atomic mass is 19.1. The van der Waals surface area contributed by atoms with Crippen LogP contribution in [0.25, 0.3) is 10.9 Å². The summed E-state index contributed by atoms with van der Waals surface area (Å²) in [6, 6.07) is 11.6. The number of ether oxygens (including phenoxy) is 2. The molecule has 5 unspecified atom stereocenters. The minimum absolute atomic E-state index is 0.0106. The Labute approximate surface area is 268 Å². The molecule has 5 atom stereocenters. The number of aromatic nitrogens is 1. The van der Waals surface area contributed by atoms with Crippen LogP contribution in [0.3, 0.4) is 0 Å². The average molecular weight is 635 g/mol. The number of aliphatic hydroxyl groups excluding tert-OH is 1. The molecule has 2 aliphatic heterocycles. The lowest BCUT2D eigenvalue weighted by Crippen LogP contribution is -2.55. The number of carbonyl (C=O) groups excluding carboxylic acids is 3. The van der Waals surface area contributed by atoms with Crippen LogP contribution in [-0.4, -0.2) is 80.9 Å². The van der Waals surface area contributed by atoms with E-state index in [1.165, 1.54) is 17.0 Å². The van der Waals surface area contributed by atoms with Crippen molar-refractivity contribution in [3.63, 3.8) is 0 Å². The van der Waals surface area contributed by atoms with Gasteiger partial charge in [0.25, 0.3) is 0 Å². The highest BCUT2D eigenvalue weighted by Crippen LogP contribution is 2.44. The highest BCUT2D eigenvalue weighted by molar-refractivity contribution is 5.88. The Morgan fingerprint density at radius 2 is 1.76 bits per heavy atom. The van der Waals surface area contributed by atoms with Gasteiger partial charge in [-0.15, -0.1) is 0 Å². The quantitative estimate of drug-likeness (QED) is 0.331. The van der Waals surface area contributed by atoms with E-state index in [0.29, 0.717) is 5.52 Å². The summed E-state index contributed by atoms with van der Waals surface area (Å²) in [6.07, 6.45) is 4.04. The maximum atomic E-state index is 14.6. The first-order valence-corrected chi connectivity index (χ1v) is 16.2. The molecule has 11 heteroatoms. The van der Waals surface area contributed by atoms with Crippen LogP contribution in [-0.2, 0) is 20.9 Å². The molecule has 3 aliphatic rings. The van der Waals surface area contributed by atoms with Crippen LogP contribution in [0.4, 0.5) is 14.0 Å². The number of halogens is 1. The molecule has 0 spiro atoms. The van der Waals surface area contributed by atoms with E-state index >= 15 is 0 Å². The van der Waals surface area contributed by atoms with Crippen LogP contribution in [0.5, 0.6) is 0 Å². The van der Waals surface area contributed by atoms with Gasteiger partial charge < -0.3 is 29.8 Å². The van der Waals surface area contributed by atoms with E-state index < -0.39 is 47.9 Å². The van der Waals surface area contributed by atoms with Crippen molar-refractivity contribution in [2.24, 2.45) is 5.92 Å². The van der Waals surface area contributed by atoms with Crippen LogP contribution < -0.4 is 5.32 Å². The van der Waals surface area contributed by atoms with Crippen molar-refractivity contribution < 1.29 is 33.4 Å². The second kappa shape index (κ2) is 12.9. The van der Waals surface area contributed by atoms with E-state index in [2.05, 4.69) is 10.3 Å². The van der Waals surface area contributed by atoms with Gasteiger partial charge in [0, 0.05) is 36.1 Å². The van der Waals surface area contributed by atoms with Crippen LogP contribution in [0.1, 0.15) is 69.9 Å². The third-order valence-corrected chi connectivity index (χ3v) is 9.51. The smallest absolute Gasteiger partial charge is 0.410 e. The van der Waals surface area contributed by atoms with Gasteiger partial charge in [0.1, 0.15) is 24.1 Å². The van der Waals surface area contributed by atoms with E-state index in [1.54, 1.807) is 37.9 Å². The zero-order valence-corrected chi connectivity index (χ0v) is 26.6. The molecule has 10 nitrogen and oxygen atoms in total. The van der Waals surface area contributed by atoms with Crippen molar-refractivity contribution >= 4 is 29.0 Å². The second-order valence-corrected chi connectivity index (χ2v) is 13.8. The molecule has 6 rings (SSSR count). The maximum Gasteiger partial charge on any atom is 0.410 e. The van der Waals surface area contributed by atoms with E-state index in [0.717, 1.165) is 48.6 Å². The molecule has 1 aliphatic carbocycles. The number of likely N-dealkylation sites (tertiary alicyclic amines) is 2. The Morgan fingerprint density at radius 3 is 2.48 bits per heavy atom. The maximum absolute atomic E-state index is 14.6. The number of nitrogens with zero attached hydrogens (tertiary/aromatic N) is 2. The Bertz CT molecular complexity index is 1570. The van der Waals surface area contributed by atoms with Gasteiger partial charge in [-0.25, -0.2) is 14.0 Å². The SMILES string of the molecule is CC(C)(C)OC(=O)NC(C(=O)N1CC(O)C2C1C(c1c[nH]c3cc(F)ccc13)CN2C(=O)OCc1ccccc1)C1CCCCC1. The number of amides is 3. The number of H-pyrrole nitrogens is 1. The standard InChI is InChI=1S/C35H43FN4O6/c1-35(2,3)46-33(43)38-29(22-12-8-5-9-13-22)32(42)39-19-28(41)31-30(39)26(25-17-37-27-16-23(36)14-15-24(25)27)18-40(31)34(44)45-20-21-10-6-4-7-11-21/h4,6-7,10-11,14-17,22,26,28-31,37,41H,5,8-9,12-13,18-20H2,1-3H3,(H,38,43). The topological polar surface area (TPSA) is 124 Å². The molecule has 0 bridgehead atoms. The van der Waals surface area contributed by atoms with Crippen molar-refractivity contribution in [3.8, 4) is 0 Å². The molecule has 0 radical (unpaired) electrons. The second-order valence-electron chi connectivity index (χ2n) is 13.8. The molecule has 3 fully saturated rings. The number of aliphatic hydroxyl groups is 1. The number of fused-ring (bicyclic) bond motifs is 2. The lowest BCUT2D eigenvalue weighted by atomic mass is 9.83. The third kappa shape index (κ3) is 6.56. The van der Waals surface area contributed by atoms with Crippen molar-refractivity contribution in [3.05, 3.63) is 71.7 Å². The first-order valence-electron chi connectivity index (χ1n) is 16.2. The van der Waals surface area contributed by atoms with Gasteiger partial charge in [-0.1, -0.05) is 49.6 Å². The van der Waals surface area contributed by atoms with E-state index in [4.69, 9.17) is 9.47 Å². The third-order valence-electron chi connectivity index (χ3n) is 9.51. The van der Waals surface area contributed by atoms with Crippen molar-refractivity contribution in [2.45, 2.75) is 95.2 Å². The normalized spacial score (nSPS) is 24.1. The number of rotatable bonds is 6. The Kier molecular flexibility index (Phi) is 8.96. The highest BCUT2D eigenvalue weighted by Gasteiger charge is 2.58. The molecular formula is C35H43FN4O6. The number of hydrogen-bond acceptors (Lipinski definition) is 6. The number of aromatic amines is 1. The summed E-state index contributed by atoms with van der Waals surface area (Å²) in [7, 11) is 0. The molecule has 46 heavy (non-hydrogen) atoms. The predicted molar refractivity (Wildman–Crippen MR) is 169 cm³/mol. The van der Waals surface area contributed by atoms with Crippen molar-refractivity contribution in [2.75, 3.05) is 13.1 Å². The monoisotopic (exact) mass is 634 g/mol. The first kappa shape index (κ1) is 31.8. The minimum Gasteiger partial charge on any atom is -0.445 e. The molecule has 1 saturated carbocycles. The fourth-order valence-corrected chi connectivity index (χ4v) is 7.54. The summed E-state index contributed by atoms with van der Waals surface area (Å²) in [5.74, 6) is -1.19. The van der Waals surface area contributed by atoms with E-state index in [-0.39, 0.29) is 37.3 Å². The summed E-state index contributed by atoms with van der Waals surface area (Å²) in [5.41, 5.74) is 1.49. The molecule has 3 N–H and O–H groups in total. The van der Waals surface area contributed by atoms with Crippen LogP contribution in [0, 0.1) is 11.7 Å². The number of alkyl carbamates (subject to hydrolysis) is 1. The summed E-state index contributed by atoms with van der Waals surface area (Å²) in [6.45, 7) is 5.55. The molecule has 2 aromatic carbocycles. The largest absolute Gasteiger partial charge is 0.445 e. The summed E-state index contributed by atoms with van der Waals surface area (Å²) in [5, 5.41) is 15.2. The summed E-state index contributed by atoms with van der Waals surface area (Å²) < 4.78 is 25.4. The van der Waals surface area contributed by atoms with Crippen LogP contribution >= 0.6 is 0 Å². The molecular weight excluding hydrogens is 591 g/mol. The van der Waals surface area contributed by atoms with Crippen molar-refractivity contribution in [1.82, 2.24) is 20.1 Å². The lowest BCUT2D eigenvalue weighted by Gasteiger charge is -2.36. The minimum atomic E-state index is -1.04. The number of nitrogens with one attached hydrogen (secondary N) is 2. The van der Waals surface area contributed by atoms with Gasteiger partial charge in [-0.05, 0) is 68.9 Å². The summed E-state index contributed by atoms with van der Waals surface area (Å²) in [4.78, 5) is 47.5. The van der Waals surface area contributed by atoms with Crippen LogP contribution in [0.15, 0.2) is 54.7 Å². The molecule has 246 valence electrons.